The van der Waals surface area contributed by atoms with Gasteiger partial charge in [-0.15, -0.1) is 0 Å². The zero-order valence-corrected chi connectivity index (χ0v) is 9.72. The first kappa shape index (κ1) is 15.2. The van der Waals surface area contributed by atoms with Gasteiger partial charge in [0.1, 0.15) is 0 Å². The van der Waals surface area contributed by atoms with Crippen LogP contribution in [0.15, 0.2) is 18.2 Å². The van der Waals surface area contributed by atoms with Gasteiger partial charge in [-0.3, -0.25) is 0 Å². The number of rotatable bonds is 3. The van der Waals surface area contributed by atoms with E-state index in [1.807, 2.05) is 0 Å². The van der Waals surface area contributed by atoms with Gasteiger partial charge in [0, 0.05) is 0 Å². The fourth-order valence-corrected chi connectivity index (χ4v) is 1.23. The summed E-state index contributed by atoms with van der Waals surface area (Å²) in [5.74, 6) is -2.18. The highest BCUT2D eigenvalue weighted by Gasteiger charge is 2.29. The third-order valence-corrected chi connectivity index (χ3v) is 2.14. The van der Waals surface area contributed by atoms with Crippen LogP contribution in [0.2, 0.25) is 0 Å². The SMILES string of the molecule is CC(NC(=O)OCC(F)(F)F)c1ccc(F)c(F)c1. The molecule has 1 amide bonds. The molecule has 1 unspecified atom stereocenters. The molecule has 0 spiro atoms. The van der Waals surface area contributed by atoms with Gasteiger partial charge in [0.2, 0.25) is 0 Å². The summed E-state index contributed by atoms with van der Waals surface area (Å²) in [6.45, 7) is -0.329. The predicted octanol–water partition coefficient (Wildman–Crippen LogP) is 3.31. The highest BCUT2D eigenvalue weighted by molar-refractivity contribution is 5.67. The van der Waals surface area contributed by atoms with Gasteiger partial charge in [0.25, 0.3) is 0 Å². The largest absolute Gasteiger partial charge is 0.440 e. The van der Waals surface area contributed by atoms with E-state index in [1.54, 1.807) is 0 Å². The number of carbonyl (C=O) groups is 1. The average molecular weight is 283 g/mol. The van der Waals surface area contributed by atoms with Gasteiger partial charge in [-0.1, -0.05) is 6.07 Å². The molecule has 0 radical (unpaired) electrons. The molecule has 0 saturated carbocycles. The van der Waals surface area contributed by atoms with Crippen LogP contribution in [0.3, 0.4) is 0 Å². The van der Waals surface area contributed by atoms with Crippen LogP contribution in [0.25, 0.3) is 0 Å². The first-order chi connectivity index (χ1) is 8.69. The molecule has 0 bridgehead atoms. The third kappa shape index (κ3) is 5.11. The molecule has 0 aliphatic rings. The molecular formula is C11H10F5NO2. The van der Waals surface area contributed by atoms with Gasteiger partial charge in [-0.2, -0.15) is 13.2 Å². The molecule has 0 heterocycles. The molecule has 3 nitrogen and oxygen atoms in total. The van der Waals surface area contributed by atoms with Crippen molar-refractivity contribution in [3.8, 4) is 0 Å². The predicted molar refractivity (Wildman–Crippen MR) is 55.3 cm³/mol. The summed E-state index contributed by atoms with van der Waals surface area (Å²) < 4.78 is 64.8. The Morgan fingerprint density at radius 1 is 1.32 bits per heavy atom. The number of ether oxygens (including phenoxy) is 1. The van der Waals surface area contributed by atoms with Crippen molar-refractivity contribution >= 4 is 6.09 Å². The third-order valence-electron chi connectivity index (χ3n) is 2.14. The van der Waals surface area contributed by atoms with Gasteiger partial charge >= 0.3 is 12.3 Å². The van der Waals surface area contributed by atoms with Crippen molar-refractivity contribution in [3.63, 3.8) is 0 Å². The Balaban J connectivity index is 2.56. The second kappa shape index (κ2) is 5.85. The van der Waals surface area contributed by atoms with E-state index in [0.717, 1.165) is 12.1 Å². The Morgan fingerprint density at radius 3 is 2.47 bits per heavy atom. The van der Waals surface area contributed by atoms with Crippen molar-refractivity contribution < 1.29 is 31.5 Å². The van der Waals surface area contributed by atoms with E-state index >= 15 is 0 Å². The standard InChI is InChI=1S/C11H10F5NO2/c1-6(7-2-3-8(12)9(13)4-7)17-10(18)19-5-11(14,15)16/h2-4,6H,5H2,1H3,(H,17,18). The fourth-order valence-electron chi connectivity index (χ4n) is 1.23. The van der Waals surface area contributed by atoms with Crippen molar-refractivity contribution in [1.29, 1.82) is 0 Å². The quantitative estimate of drug-likeness (QED) is 0.864. The van der Waals surface area contributed by atoms with Crippen LogP contribution in [0.5, 0.6) is 0 Å². The number of hydrogen-bond acceptors (Lipinski definition) is 2. The van der Waals surface area contributed by atoms with Crippen molar-refractivity contribution in [1.82, 2.24) is 5.32 Å². The van der Waals surface area contributed by atoms with Crippen LogP contribution in [0.1, 0.15) is 18.5 Å². The maximum Gasteiger partial charge on any atom is 0.422 e. The first-order valence-electron chi connectivity index (χ1n) is 5.14. The molecule has 1 atom stereocenters. The van der Waals surface area contributed by atoms with E-state index in [2.05, 4.69) is 10.1 Å². The Bertz CT molecular complexity index is 461. The molecule has 0 aliphatic carbocycles. The minimum Gasteiger partial charge on any atom is -0.440 e. The number of amides is 1. The van der Waals surface area contributed by atoms with Crippen LogP contribution < -0.4 is 5.32 Å². The summed E-state index contributed by atoms with van der Waals surface area (Å²) >= 11 is 0. The van der Waals surface area contributed by atoms with Gasteiger partial charge in [0.05, 0.1) is 6.04 Å². The second-order valence-electron chi connectivity index (χ2n) is 3.73. The molecule has 8 heteroatoms. The number of halogens is 5. The molecule has 1 aromatic rings. The monoisotopic (exact) mass is 283 g/mol. The molecule has 1 rings (SSSR count). The molecule has 0 saturated heterocycles. The normalized spacial score (nSPS) is 12.9. The van der Waals surface area contributed by atoms with Crippen molar-refractivity contribution in [3.05, 3.63) is 35.4 Å². The maximum absolute atomic E-state index is 12.9. The van der Waals surface area contributed by atoms with E-state index in [4.69, 9.17) is 0 Å². The Morgan fingerprint density at radius 2 is 1.95 bits per heavy atom. The Kier molecular flexibility index (Phi) is 4.68. The smallest absolute Gasteiger partial charge is 0.422 e. The summed E-state index contributed by atoms with van der Waals surface area (Å²) in [5, 5.41) is 2.07. The lowest BCUT2D eigenvalue weighted by atomic mass is 10.1. The number of benzene rings is 1. The topological polar surface area (TPSA) is 38.3 Å². The number of alkyl carbamates (subject to hydrolysis) is 1. The zero-order chi connectivity index (χ0) is 14.6. The van der Waals surface area contributed by atoms with Crippen molar-refractivity contribution in [2.45, 2.75) is 19.1 Å². The summed E-state index contributed by atoms with van der Waals surface area (Å²) in [7, 11) is 0. The van der Waals surface area contributed by atoms with E-state index in [-0.39, 0.29) is 5.56 Å². The highest BCUT2D eigenvalue weighted by atomic mass is 19.4. The molecule has 0 aromatic heterocycles. The average Bonchev–Trinajstić information content (AvgIpc) is 2.29. The summed E-state index contributed by atoms with van der Waals surface area (Å²) in [6.07, 6.45) is -5.92. The molecule has 0 aliphatic heterocycles. The minimum atomic E-state index is -4.62. The fraction of sp³-hybridized carbons (Fsp3) is 0.364. The lowest BCUT2D eigenvalue weighted by Crippen LogP contribution is -2.31. The molecule has 0 fully saturated rings. The van der Waals surface area contributed by atoms with Gasteiger partial charge in [-0.25, -0.2) is 13.6 Å². The van der Waals surface area contributed by atoms with Crippen molar-refractivity contribution in [2.24, 2.45) is 0 Å². The lowest BCUT2D eigenvalue weighted by molar-refractivity contribution is -0.160. The number of hydrogen-bond donors (Lipinski definition) is 1. The van der Waals surface area contributed by atoms with Crippen LogP contribution in [0, 0.1) is 11.6 Å². The lowest BCUT2D eigenvalue weighted by Gasteiger charge is -2.15. The van der Waals surface area contributed by atoms with E-state index in [1.165, 1.54) is 13.0 Å². The van der Waals surface area contributed by atoms with Crippen LogP contribution in [-0.2, 0) is 4.74 Å². The molecule has 106 valence electrons. The first-order valence-corrected chi connectivity index (χ1v) is 5.14. The van der Waals surface area contributed by atoms with E-state index in [9.17, 15) is 26.7 Å². The Labute approximate surface area is 105 Å². The van der Waals surface area contributed by atoms with Crippen LogP contribution in [0.4, 0.5) is 26.7 Å². The minimum absolute atomic E-state index is 0.197. The summed E-state index contributed by atoms with van der Waals surface area (Å²) in [6, 6.07) is 2.07. The highest BCUT2D eigenvalue weighted by Crippen LogP contribution is 2.17. The van der Waals surface area contributed by atoms with E-state index < -0.39 is 36.6 Å². The molecule has 1 N–H and O–H groups in total. The second-order valence-corrected chi connectivity index (χ2v) is 3.73. The zero-order valence-electron chi connectivity index (χ0n) is 9.72. The van der Waals surface area contributed by atoms with E-state index in [0.29, 0.717) is 0 Å². The van der Waals surface area contributed by atoms with Gasteiger partial charge in [0.15, 0.2) is 18.2 Å². The number of nitrogens with one attached hydrogen (secondary N) is 1. The number of alkyl halides is 3. The molecule has 1 aromatic carbocycles. The summed E-state index contributed by atoms with van der Waals surface area (Å²) in [5.41, 5.74) is 0.197. The van der Waals surface area contributed by atoms with Crippen LogP contribution in [-0.4, -0.2) is 18.9 Å². The summed E-state index contributed by atoms with van der Waals surface area (Å²) in [4.78, 5) is 11.0. The number of carbonyl (C=O) groups excluding carboxylic acids is 1. The van der Waals surface area contributed by atoms with Crippen LogP contribution >= 0.6 is 0 Å². The molecule has 19 heavy (non-hydrogen) atoms. The van der Waals surface area contributed by atoms with Crippen molar-refractivity contribution in [2.75, 3.05) is 6.61 Å². The van der Waals surface area contributed by atoms with Gasteiger partial charge in [-0.05, 0) is 24.6 Å². The Hall–Kier alpha value is -1.86. The van der Waals surface area contributed by atoms with Gasteiger partial charge < -0.3 is 10.1 Å². The maximum atomic E-state index is 12.9. The molecular weight excluding hydrogens is 273 g/mol.